The minimum atomic E-state index is -2.65. The van der Waals surface area contributed by atoms with Gasteiger partial charge in [0.2, 0.25) is 5.78 Å². The summed E-state index contributed by atoms with van der Waals surface area (Å²) in [5.74, 6) is -6.71. The largest absolute Gasteiger partial charge is 0.510 e. The van der Waals surface area contributed by atoms with Crippen molar-refractivity contribution in [1.82, 2.24) is 4.90 Å². The second-order valence-electron chi connectivity index (χ2n) is 10.2. The smallest absolute Gasteiger partial charge is 0.255 e. The predicted octanol–water partition coefficient (Wildman–Crippen LogP) is 2.89. The van der Waals surface area contributed by atoms with Gasteiger partial charge in [-0.25, -0.2) is 0 Å². The summed E-state index contributed by atoms with van der Waals surface area (Å²) in [7, 11) is 3.18. The van der Waals surface area contributed by atoms with Crippen molar-refractivity contribution in [2.24, 2.45) is 17.6 Å². The second kappa shape index (κ2) is 9.63. The highest BCUT2D eigenvalue weighted by molar-refractivity contribution is 6.31. The maximum atomic E-state index is 13.7. The van der Waals surface area contributed by atoms with Gasteiger partial charge in [0, 0.05) is 16.5 Å². The van der Waals surface area contributed by atoms with Gasteiger partial charge in [-0.3, -0.25) is 19.3 Å². The molecule has 0 unspecified atom stereocenters. The van der Waals surface area contributed by atoms with Crippen LogP contribution in [0.2, 0.25) is 0 Å². The van der Waals surface area contributed by atoms with Crippen molar-refractivity contribution in [3.63, 3.8) is 0 Å². The van der Waals surface area contributed by atoms with E-state index in [1.165, 1.54) is 11.0 Å². The van der Waals surface area contributed by atoms with Gasteiger partial charge in [-0.05, 0) is 69.0 Å². The minimum absolute atomic E-state index is 0.0329. The number of unbranched alkanes of at least 4 members (excludes halogenated alkanes) is 1. The van der Waals surface area contributed by atoms with E-state index < -0.39 is 58.0 Å². The number of ketones is 2. The molecule has 0 saturated heterocycles. The van der Waals surface area contributed by atoms with Gasteiger partial charge in [0.05, 0.1) is 11.6 Å². The molecule has 0 fully saturated rings. The van der Waals surface area contributed by atoms with Crippen LogP contribution in [0.3, 0.4) is 0 Å². The molecule has 1 aromatic rings. The number of allylic oxidation sites excluding steroid dienone is 2. The molecule has 0 bridgehead atoms. The molecule has 0 spiro atoms. The monoisotopic (exact) mass is 530 g/mol. The molecule has 3 aliphatic rings. The molecular weight excluding hydrogens is 500 g/mol. The lowest BCUT2D eigenvalue weighted by atomic mass is 9.58. The van der Waals surface area contributed by atoms with Gasteiger partial charge in [0.1, 0.15) is 22.8 Å². The molecule has 0 heterocycles. The van der Waals surface area contributed by atoms with Crippen molar-refractivity contribution in [3.8, 4) is 5.75 Å². The van der Waals surface area contributed by atoms with Crippen LogP contribution >= 0.6 is 11.6 Å². The summed E-state index contributed by atoms with van der Waals surface area (Å²) < 4.78 is 0. The van der Waals surface area contributed by atoms with Gasteiger partial charge in [-0.15, -0.1) is 0 Å². The summed E-state index contributed by atoms with van der Waals surface area (Å²) in [5, 5.41) is 45.0. The number of nitrogens with zero attached hydrogens (tertiary/aromatic N) is 1. The van der Waals surface area contributed by atoms with E-state index >= 15 is 0 Å². The van der Waals surface area contributed by atoms with Crippen LogP contribution in [0.25, 0.3) is 6.08 Å². The Kier molecular flexibility index (Phi) is 7.00. The molecule has 0 aromatic heterocycles. The summed E-state index contributed by atoms with van der Waals surface area (Å²) in [4.78, 5) is 40.6. The number of aliphatic hydroxyl groups is 3. The molecule has 6 N–H and O–H groups in total. The average Bonchev–Trinajstić information content (AvgIpc) is 2.81. The molecule has 0 aliphatic heterocycles. The third kappa shape index (κ3) is 4.05. The standard InChI is InChI=1S/C27H31ClN2O7/c1-4-5-6-14(28)9-12-7-8-17(31)19-15(12)10-13-11-16-21(30(2)3)23(33)20(26(29)36)25(35)27(16,37)24(34)18(13)22(19)32/h7-9,13,16,21,31,33-34,37H,4-6,10-11H2,1-3H3,(H2,29,36)/b14-9-/t13-,16-,21-,27-/m1/s1. The van der Waals surface area contributed by atoms with Crippen LogP contribution in [0.5, 0.6) is 5.75 Å². The van der Waals surface area contributed by atoms with Crippen molar-refractivity contribution in [2.45, 2.75) is 50.7 Å². The van der Waals surface area contributed by atoms with Gasteiger partial charge in [-0.1, -0.05) is 31.0 Å². The van der Waals surface area contributed by atoms with Gasteiger partial charge in [0.15, 0.2) is 11.4 Å². The molecule has 4 rings (SSSR count). The number of likely N-dealkylation sites (N-methyl/N-ethyl adjacent to an activating group) is 1. The fourth-order valence-corrected chi connectivity index (χ4v) is 6.25. The molecule has 0 radical (unpaired) electrons. The summed E-state index contributed by atoms with van der Waals surface area (Å²) in [5.41, 5.74) is 2.85. The van der Waals surface area contributed by atoms with Crippen LogP contribution in [0, 0.1) is 11.8 Å². The number of Topliss-reactive ketones (excluding diaryl/α,β-unsaturated/α-hetero) is 2. The number of hydrogen-bond donors (Lipinski definition) is 5. The molecule has 3 aliphatic carbocycles. The SMILES string of the molecule is CCCC/C(Cl)=C/c1ccc(O)c2c1C[C@@H]1C[C@@H]3[C@@H](N(C)C)C(O)=C(C(N)=O)C(=O)[C@]3(O)C(O)=C1C2=O. The highest BCUT2D eigenvalue weighted by Crippen LogP contribution is 2.52. The van der Waals surface area contributed by atoms with Gasteiger partial charge < -0.3 is 26.2 Å². The number of phenols is 1. The van der Waals surface area contributed by atoms with Crippen LogP contribution in [-0.2, 0) is 16.0 Å². The fraction of sp³-hybridized carbons (Fsp3) is 0.444. The van der Waals surface area contributed by atoms with Crippen molar-refractivity contribution < 1.29 is 34.8 Å². The Morgan fingerprint density at radius 3 is 2.51 bits per heavy atom. The number of aromatic hydroxyl groups is 1. The molecule has 1 amide bonds. The maximum Gasteiger partial charge on any atom is 0.255 e. The quantitative estimate of drug-likeness (QED) is 0.351. The number of carbonyl (C=O) groups excluding carboxylic acids is 3. The zero-order chi connectivity index (χ0) is 27.4. The van der Waals surface area contributed by atoms with Crippen molar-refractivity contribution in [2.75, 3.05) is 14.1 Å². The van der Waals surface area contributed by atoms with Crippen molar-refractivity contribution >= 4 is 35.2 Å². The lowest BCUT2D eigenvalue weighted by Crippen LogP contribution is -2.63. The summed E-state index contributed by atoms with van der Waals surface area (Å²) in [6.07, 6.45) is 4.52. The Balaban J connectivity index is 1.90. The fourth-order valence-electron chi connectivity index (χ4n) is 6.00. The number of halogens is 1. The summed E-state index contributed by atoms with van der Waals surface area (Å²) in [6, 6.07) is 2.01. The number of nitrogens with two attached hydrogens (primary N) is 1. The van der Waals surface area contributed by atoms with Crippen LogP contribution in [0.4, 0.5) is 0 Å². The number of aliphatic hydroxyl groups excluding tert-OH is 2. The Bertz CT molecular complexity index is 1300. The molecule has 1 aromatic carbocycles. The topological polar surface area (TPSA) is 161 Å². The molecule has 4 atom stereocenters. The third-order valence-electron chi connectivity index (χ3n) is 7.72. The second-order valence-corrected chi connectivity index (χ2v) is 10.7. The molecule has 10 heteroatoms. The number of benzene rings is 1. The first-order valence-electron chi connectivity index (χ1n) is 12.2. The zero-order valence-corrected chi connectivity index (χ0v) is 21.7. The number of primary amides is 1. The van der Waals surface area contributed by atoms with Crippen LogP contribution in [-0.4, -0.2) is 68.5 Å². The highest BCUT2D eigenvalue weighted by atomic mass is 35.5. The lowest BCUT2D eigenvalue weighted by molar-refractivity contribution is -0.148. The van der Waals surface area contributed by atoms with E-state index in [-0.39, 0.29) is 29.7 Å². The van der Waals surface area contributed by atoms with E-state index in [0.29, 0.717) is 22.6 Å². The molecule has 0 saturated carbocycles. The van der Waals surface area contributed by atoms with Gasteiger partial charge >= 0.3 is 0 Å². The van der Waals surface area contributed by atoms with E-state index in [0.717, 1.165) is 12.8 Å². The molecule has 198 valence electrons. The Labute approximate surface area is 219 Å². The average molecular weight is 531 g/mol. The van der Waals surface area contributed by atoms with Gasteiger partial charge in [-0.2, -0.15) is 0 Å². The van der Waals surface area contributed by atoms with E-state index in [1.54, 1.807) is 26.2 Å². The minimum Gasteiger partial charge on any atom is -0.510 e. The zero-order valence-electron chi connectivity index (χ0n) is 20.9. The van der Waals surface area contributed by atoms with E-state index in [9.17, 15) is 34.8 Å². The number of amides is 1. The lowest BCUT2D eigenvalue weighted by Gasteiger charge is -2.50. The van der Waals surface area contributed by atoms with Crippen LogP contribution < -0.4 is 5.73 Å². The predicted molar refractivity (Wildman–Crippen MR) is 137 cm³/mol. The molecular formula is C27H31ClN2O7. The van der Waals surface area contributed by atoms with E-state index in [2.05, 4.69) is 0 Å². The molecule has 37 heavy (non-hydrogen) atoms. The first-order chi connectivity index (χ1) is 17.4. The number of phenolic OH excluding ortho intramolecular Hbond substituents is 1. The Hall–Kier alpha value is -3.14. The van der Waals surface area contributed by atoms with Crippen LogP contribution in [0.15, 0.2) is 39.8 Å². The van der Waals surface area contributed by atoms with Crippen molar-refractivity contribution in [1.29, 1.82) is 0 Å². The van der Waals surface area contributed by atoms with Gasteiger partial charge in [0.25, 0.3) is 5.91 Å². The highest BCUT2D eigenvalue weighted by Gasteiger charge is 2.63. The number of rotatable bonds is 6. The Morgan fingerprint density at radius 2 is 1.92 bits per heavy atom. The van der Waals surface area contributed by atoms with Crippen LogP contribution in [0.1, 0.15) is 54.1 Å². The third-order valence-corrected chi connectivity index (χ3v) is 8.02. The normalized spacial score (nSPS) is 27.8. The number of carbonyl (C=O) groups is 3. The number of fused-ring (bicyclic) bond motifs is 3. The molecule has 9 nitrogen and oxygen atoms in total. The Morgan fingerprint density at radius 1 is 1.24 bits per heavy atom. The summed E-state index contributed by atoms with van der Waals surface area (Å²) >= 11 is 6.43. The summed E-state index contributed by atoms with van der Waals surface area (Å²) in [6.45, 7) is 2.05. The number of hydrogen-bond acceptors (Lipinski definition) is 8. The van der Waals surface area contributed by atoms with E-state index in [1.807, 2.05) is 6.92 Å². The first-order valence-corrected chi connectivity index (χ1v) is 12.6. The first kappa shape index (κ1) is 26.9. The van der Waals surface area contributed by atoms with E-state index in [4.69, 9.17) is 17.3 Å². The maximum absolute atomic E-state index is 13.7. The van der Waals surface area contributed by atoms with Crippen molar-refractivity contribution in [3.05, 3.63) is 56.5 Å².